The number of hydrogen-bond donors (Lipinski definition) is 1. The summed E-state index contributed by atoms with van der Waals surface area (Å²) in [5, 5.41) is 0. The zero-order valence-electron chi connectivity index (χ0n) is 10.2. The number of benzene rings is 1. The van der Waals surface area contributed by atoms with Crippen LogP contribution < -0.4 is 5.73 Å². The summed E-state index contributed by atoms with van der Waals surface area (Å²) >= 11 is 1.69. The maximum Gasteiger partial charge on any atom is 0.147 e. The Morgan fingerprint density at radius 2 is 1.88 bits per heavy atom. The molecule has 0 spiro atoms. The summed E-state index contributed by atoms with van der Waals surface area (Å²) in [6, 6.07) is 8.02. The highest BCUT2D eigenvalue weighted by Gasteiger charge is 2.08. The fraction of sp³-hybridized carbons (Fsp3) is 0.500. The molecule has 0 saturated carbocycles. The van der Waals surface area contributed by atoms with Crippen LogP contribution in [0.3, 0.4) is 0 Å². The summed E-state index contributed by atoms with van der Waals surface area (Å²) in [5.74, 6) is 0.212. The first-order valence-electron chi connectivity index (χ1n) is 5.49. The third-order valence-electron chi connectivity index (χ3n) is 2.57. The van der Waals surface area contributed by atoms with Gasteiger partial charge >= 0.3 is 0 Å². The van der Waals surface area contributed by atoms with Gasteiger partial charge in [0.2, 0.25) is 0 Å². The van der Waals surface area contributed by atoms with Crippen LogP contribution in [0.2, 0.25) is 0 Å². The summed E-state index contributed by atoms with van der Waals surface area (Å²) in [4.78, 5) is 1.21. The van der Waals surface area contributed by atoms with Crippen molar-refractivity contribution in [3.05, 3.63) is 29.8 Å². The van der Waals surface area contributed by atoms with Crippen molar-refractivity contribution in [2.24, 2.45) is 5.73 Å². The zero-order valence-corrected chi connectivity index (χ0v) is 11.9. The van der Waals surface area contributed by atoms with Crippen molar-refractivity contribution in [3.8, 4) is 0 Å². The Bertz CT molecular complexity index is 440. The Balaban J connectivity index is 2.49. The highest BCUT2D eigenvalue weighted by atomic mass is 32.2. The van der Waals surface area contributed by atoms with Gasteiger partial charge in [0.25, 0.3) is 0 Å². The maximum atomic E-state index is 11.0. The van der Waals surface area contributed by atoms with Gasteiger partial charge in [-0.15, -0.1) is 11.8 Å². The van der Waals surface area contributed by atoms with E-state index in [1.807, 2.05) is 30.5 Å². The van der Waals surface area contributed by atoms with Gasteiger partial charge in [-0.1, -0.05) is 12.1 Å². The van der Waals surface area contributed by atoms with Crippen LogP contribution in [0.1, 0.15) is 24.4 Å². The van der Waals surface area contributed by atoms with Crippen LogP contribution in [0, 0.1) is 0 Å². The van der Waals surface area contributed by atoms with E-state index in [9.17, 15) is 8.42 Å². The molecule has 0 saturated heterocycles. The van der Waals surface area contributed by atoms with Crippen molar-refractivity contribution >= 4 is 21.6 Å². The van der Waals surface area contributed by atoms with E-state index in [-0.39, 0.29) is 11.8 Å². The van der Waals surface area contributed by atoms with Gasteiger partial charge in [-0.3, -0.25) is 0 Å². The molecule has 0 aliphatic rings. The summed E-state index contributed by atoms with van der Waals surface area (Å²) in [7, 11) is -2.87. The Labute approximate surface area is 108 Å². The molecule has 1 atom stereocenters. The monoisotopic (exact) mass is 273 g/mol. The molecule has 0 bridgehead atoms. The highest BCUT2D eigenvalue weighted by molar-refractivity contribution is 7.98. The van der Waals surface area contributed by atoms with E-state index in [1.165, 1.54) is 11.2 Å². The summed E-state index contributed by atoms with van der Waals surface area (Å²) < 4.78 is 22.0. The summed E-state index contributed by atoms with van der Waals surface area (Å²) in [6.07, 6.45) is 4.60. The highest BCUT2D eigenvalue weighted by Crippen LogP contribution is 2.20. The topological polar surface area (TPSA) is 60.2 Å². The molecule has 0 fully saturated rings. The SMILES string of the molecule is CSc1ccc(C(N)CCCS(C)(=O)=O)cc1. The van der Waals surface area contributed by atoms with Gasteiger partial charge < -0.3 is 5.73 Å². The molecule has 1 aromatic rings. The molecule has 17 heavy (non-hydrogen) atoms. The number of thioether (sulfide) groups is 1. The fourth-order valence-corrected chi connectivity index (χ4v) is 2.68. The van der Waals surface area contributed by atoms with Gasteiger partial charge in [-0.2, -0.15) is 0 Å². The molecule has 5 heteroatoms. The van der Waals surface area contributed by atoms with Gasteiger partial charge in [0.05, 0.1) is 0 Å². The molecular weight excluding hydrogens is 254 g/mol. The van der Waals surface area contributed by atoms with Crippen LogP contribution in [0.15, 0.2) is 29.2 Å². The fourth-order valence-electron chi connectivity index (χ4n) is 1.58. The number of nitrogens with two attached hydrogens (primary N) is 1. The van der Waals surface area contributed by atoms with E-state index >= 15 is 0 Å². The van der Waals surface area contributed by atoms with Crippen LogP contribution in [-0.2, 0) is 9.84 Å². The van der Waals surface area contributed by atoms with Gasteiger partial charge in [0.15, 0.2) is 0 Å². The predicted molar refractivity (Wildman–Crippen MR) is 74.1 cm³/mol. The van der Waals surface area contributed by atoms with Crippen molar-refractivity contribution in [2.45, 2.75) is 23.8 Å². The lowest BCUT2D eigenvalue weighted by Crippen LogP contribution is -2.12. The van der Waals surface area contributed by atoms with Crippen LogP contribution in [0.5, 0.6) is 0 Å². The van der Waals surface area contributed by atoms with Crippen molar-refractivity contribution in [1.29, 1.82) is 0 Å². The molecule has 0 amide bonds. The second-order valence-corrected chi connectivity index (χ2v) is 7.29. The zero-order chi connectivity index (χ0) is 12.9. The smallest absolute Gasteiger partial charge is 0.147 e. The van der Waals surface area contributed by atoms with Crippen molar-refractivity contribution in [1.82, 2.24) is 0 Å². The number of hydrogen-bond acceptors (Lipinski definition) is 4. The van der Waals surface area contributed by atoms with Gasteiger partial charge in [-0.05, 0) is 36.8 Å². The summed E-state index contributed by atoms with van der Waals surface area (Å²) in [6.45, 7) is 0. The lowest BCUT2D eigenvalue weighted by Gasteiger charge is -2.11. The van der Waals surface area contributed by atoms with Crippen molar-refractivity contribution in [2.75, 3.05) is 18.3 Å². The van der Waals surface area contributed by atoms with E-state index in [0.29, 0.717) is 12.8 Å². The minimum Gasteiger partial charge on any atom is -0.324 e. The minimum atomic E-state index is -2.87. The first-order valence-corrected chi connectivity index (χ1v) is 8.78. The van der Waals surface area contributed by atoms with E-state index < -0.39 is 9.84 Å². The molecule has 2 N–H and O–H groups in total. The Morgan fingerprint density at radius 1 is 1.29 bits per heavy atom. The average molecular weight is 273 g/mol. The van der Waals surface area contributed by atoms with Crippen LogP contribution >= 0.6 is 11.8 Å². The molecule has 0 aromatic heterocycles. The lowest BCUT2D eigenvalue weighted by molar-refractivity contribution is 0.588. The molecule has 0 radical (unpaired) electrons. The van der Waals surface area contributed by atoms with Crippen molar-refractivity contribution < 1.29 is 8.42 Å². The third kappa shape index (κ3) is 5.57. The van der Waals surface area contributed by atoms with Crippen LogP contribution in [0.25, 0.3) is 0 Å². The van der Waals surface area contributed by atoms with Crippen LogP contribution in [-0.4, -0.2) is 26.7 Å². The molecule has 1 rings (SSSR count). The Morgan fingerprint density at radius 3 is 2.35 bits per heavy atom. The molecule has 0 aliphatic heterocycles. The molecule has 1 aromatic carbocycles. The van der Waals surface area contributed by atoms with Gasteiger partial charge in [0.1, 0.15) is 9.84 Å². The first-order chi connectivity index (χ1) is 7.92. The van der Waals surface area contributed by atoms with E-state index in [1.54, 1.807) is 11.8 Å². The average Bonchev–Trinajstić information content (AvgIpc) is 2.27. The van der Waals surface area contributed by atoms with Crippen LogP contribution in [0.4, 0.5) is 0 Å². The van der Waals surface area contributed by atoms with E-state index in [4.69, 9.17) is 5.73 Å². The van der Waals surface area contributed by atoms with Crippen molar-refractivity contribution in [3.63, 3.8) is 0 Å². The lowest BCUT2D eigenvalue weighted by atomic mass is 10.0. The predicted octanol–water partition coefficient (Wildman–Crippen LogP) is 2.23. The second kappa shape index (κ2) is 6.42. The van der Waals surface area contributed by atoms with Gasteiger partial charge in [-0.25, -0.2) is 8.42 Å². The molecule has 1 unspecified atom stereocenters. The quantitative estimate of drug-likeness (QED) is 0.807. The van der Waals surface area contributed by atoms with E-state index in [0.717, 1.165) is 5.56 Å². The Kier molecular flexibility index (Phi) is 5.49. The molecule has 0 heterocycles. The number of sulfone groups is 1. The second-order valence-electron chi connectivity index (χ2n) is 4.15. The molecule has 96 valence electrons. The largest absolute Gasteiger partial charge is 0.324 e. The summed E-state index contributed by atoms with van der Waals surface area (Å²) in [5.41, 5.74) is 7.08. The minimum absolute atomic E-state index is 0.0762. The third-order valence-corrected chi connectivity index (χ3v) is 4.35. The maximum absolute atomic E-state index is 11.0. The number of rotatable bonds is 6. The molecule has 0 aliphatic carbocycles. The Hall–Kier alpha value is -0.520. The van der Waals surface area contributed by atoms with Gasteiger partial charge in [0, 0.05) is 22.9 Å². The standard InChI is InChI=1S/C12H19NO2S2/c1-16-11-7-5-10(6-8-11)12(13)4-3-9-17(2,14)15/h5-8,12H,3-4,9,13H2,1-2H3. The molecule has 3 nitrogen and oxygen atoms in total. The normalized spacial score (nSPS) is 13.6. The first kappa shape index (κ1) is 14.5. The molecular formula is C12H19NO2S2. The van der Waals surface area contributed by atoms with E-state index in [2.05, 4.69) is 0 Å².